The molecule has 0 heterocycles. The highest BCUT2D eigenvalue weighted by Gasteiger charge is 2.07. The van der Waals surface area contributed by atoms with Crippen molar-refractivity contribution >= 4 is 27.5 Å². The molecule has 76 valence electrons. The zero-order chi connectivity index (χ0) is 10.7. The van der Waals surface area contributed by atoms with E-state index in [0.717, 1.165) is 15.7 Å². The summed E-state index contributed by atoms with van der Waals surface area (Å²) in [5.41, 5.74) is 1.99. The van der Waals surface area contributed by atoms with Crippen molar-refractivity contribution in [2.45, 2.75) is 20.8 Å². The number of carbonyl (C=O) groups excluding carboxylic acids is 1. The number of hydrogen-bond acceptors (Lipinski definition) is 1. The van der Waals surface area contributed by atoms with Gasteiger partial charge in [-0.05, 0) is 24.6 Å². The summed E-state index contributed by atoms with van der Waals surface area (Å²) in [5.74, 6) is 0.0517. The Hall–Kier alpha value is -0.830. The lowest BCUT2D eigenvalue weighted by molar-refractivity contribution is -0.118. The smallest absolute Gasteiger partial charge is 0.226 e. The highest BCUT2D eigenvalue weighted by Crippen LogP contribution is 2.20. The third-order valence-electron chi connectivity index (χ3n) is 1.96. The maximum atomic E-state index is 11.4. The molecule has 0 saturated heterocycles. The molecule has 1 aromatic rings. The zero-order valence-corrected chi connectivity index (χ0v) is 10.2. The molecular weight excluding hydrogens is 242 g/mol. The summed E-state index contributed by atoms with van der Waals surface area (Å²) >= 11 is 3.42. The second kappa shape index (κ2) is 4.60. The van der Waals surface area contributed by atoms with E-state index in [1.54, 1.807) is 0 Å². The molecule has 0 unspecified atom stereocenters. The maximum Gasteiger partial charge on any atom is 0.226 e. The summed E-state index contributed by atoms with van der Waals surface area (Å²) in [5, 5.41) is 2.84. The quantitative estimate of drug-likeness (QED) is 0.863. The zero-order valence-electron chi connectivity index (χ0n) is 8.60. The van der Waals surface area contributed by atoms with E-state index in [-0.39, 0.29) is 11.8 Å². The van der Waals surface area contributed by atoms with E-state index in [0.29, 0.717) is 0 Å². The van der Waals surface area contributed by atoms with Crippen LogP contribution in [0.1, 0.15) is 19.4 Å². The lowest BCUT2D eigenvalue weighted by Gasteiger charge is -2.08. The number of anilines is 1. The number of nitrogens with one attached hydrogen (secondary N) is 1. The Balaban J connectivity index is 2.78. The Kier molecular flexibility index (Phi) is 3.69. The van der Waals surface area contributed by atoms with Crippen LogP contribution >= 0.6 is 15.9 Å². The molecule has 14 heavy (non-hydrogen) atoms. The number of amides is 1. The van der Waals surface area contributed by atoms with Crippen molar-refractivity contribution in [1.82, 2.24) is 0 Å². The van der Waals surface area contributed by atoms with Crippen molar-refractivity contribution in [3.8, 4) is 0 Å². The van der Waals surface area contributed by atoms with E-state index >= 15 is 0 Å². The average molecular weight is 256 g/mol. The SMILES string of the molecule is Cc1ccc(NC(=O)C(C)C)cc1Br. The van der Waals surface area contributed by atoms with E-state index in [9.17, 15) is 4.79 Å². The van der Waals surface area contributed by atoms with Gasteiger partial charge in [-0.2, -0.15) is 0 Å². The number of hydrogen-bond donors (Lipinski definition) is 1. The molecule has 0 bridgehead atoms. The van der Waals surface area contributed by atoms with Crippen LogP contribution in [-0.2, 0) is 4.79 Å². The van der Waals surface area contributed by atoms with Crippen LogP contribution in [0.25, 0.3) is 0 Å². The van der Waals surface area contributed by atoms with E-state index in [2.05, 4.69) is 21.2 Å². The molecule has 0 spiro atoms. The molecule has 1 aromatic carbocycles. The van der Waals surface area contributed by atoms with Gasteiger partial charge in [0, 0.05) is 16.1 Å². The van der Waals surface area contributed by atoms with Gasteiger partial charge >= 0.3 is 0 Å². The van der Waals surface area contributed by atoms with Crippen LogP contribution in [0.3, 0.4) is 0 Å². The Morgan fingerprint density at radius 1 is 1.43 bits per heavy atom. The van der Waals surface area contributed by atoms with Gasteiger partial charge in [-0.15, -0.1) is 0 Å². The monoisotopic (exact) mass is 255 g/mol. The molecule has 1 amide bonds. The Labute approximate surface area is 92.8 Å². The lowest BCUT2D eigenvalue weighted by Crippen LogP contribution is -2.17. The fourth-order valence-electron chi connectivity index (χ4n) is 0.957. The second-order valence-corrected chi connectivity index (χ2v) is 4.46. The molecule has 2 nitrogen and oxygen atoms in total. The van der Waals surface area contributed by atoms with Crippen molar-refractivity contribution < 1.29 is 4.79 Å². The first-order valence-electron chi connectivity index (χ1n) is 4.57. The minimum Gasteiger partial charge on any atom is -0.326 e. The number of halogens is 1. The number of aryl methyl sites for hydroxylation is 1. The molecule has 0 aliphatic heterocycles. The van der Waals surface area contributed by atoms with E-state index in [4.69, 9.17) is 0 Å². The molecule has 3 heteroatoms. The average Bonchev–Trinajstić information content (AvgIpc) is 2.11. The number of benzene rings is 1. The molecule has 0 fully saturated rings. The van der Waals surface area contributed by atoms with Gasteiger partial charge in [0.1, 0.15) is 0 Å². The molecule has 0 aliphatic rings. The van der Waals surface area contributed by atoms with Crippen LogP contribution in [0.15, 0.2) is 22.7 Å². The van der Waals surface area contributed by atoms with E-state index < -0.39 is 0 Å². The maximum absolute atomic E-state index is 11.4. The fraction of sp³-hybridized carbons (Fsp3) is 0.364. The molecule has 0 atom stereocenters. The molecule has 0 aromatic heterocycles. The number of carbonyl (C=O) groups is 1. The third-order valence-corrected chi connectivity index (χ3v) is 2.82. The van der Waals surface area contributed by atoms with Crippen LogP contribution in [0.2, 0.25) is 0 Å². The van der Waals surface area contributed by atoms with Crippen molar-refractivity contribution in [1.29, 1.82) is 0 Å². The van der Waals surface area contributed by atoms with Crippen LogP contribution in [0.5, 0.6) is 0 Å². The topological polar surface area (TPSA) is 29.1 Å². The molecule has 1 N–H and O–H groups in total. The van der Waals surface area contributed by atoms with Crippen LogP contribution in [0, 0.1) is 12.8 Å². The van der Waals surface area contributed by atoms with Crippen LogP contribution in [-0.4, -0.2) is 5.91 Å². The summed E-state index contributed by atoms with van der Waals surface area (Å²) in [6.07, 6.45) is 0. The predicted octanol–water partition coefficient (Wildman–Crippen LogP) is 3.35. The Bertz CT molecular complexity index is 347. The van der Waals surface area contributed by atoms with Gasteiger partial charge in [0.15, 0.2) is 0 Å². The van der Waals surface area contributed by atoms with Gasteiger partial charge in [0.25, 0.3) is 0 Å². The normalized spacial score (nSPS) is 10.4. The van der Waals surface area contributed by atoms with E-state index in [1.807, 2.05) is 39.0 Å². The fourth-order valence-corrected chi connectivity index (χ4v) is 1.34. The van der Waals surface area contributed by atoms with Gasteiger partial charge < -0.3 is 5.32 Å². The van der Waals surface area contributed by atoms with Crippen molar-refractivity contribution in [3.63, 3.8) is 0 Å². The van der Waals surface area contributed by atoms with Crippen LogP contribution < -0.4 is 5.32 Å². The van der Waals surface area contributed by atoms with Crippen LogP contribution in [0.4, 0.5) is 5.69 Å². The minimum atomic E-state index is 0.00933. The summed E-state index contributed by atoms with van der Waals surface area (Å²) in [6, 6.07) is 5.79. The first-order chi connectivity index (χ1) is 6.50. The van der Waals surface area contributed by atoms with Gasteiger partial charge in [-0.25, -0.2) is 0 Å². The van der Waals surface area contributed by atoms with Gasteiger partial charge in [0.05, 0.1) is 0 Å². The molecule has 0 aliphatic carbocycles. The Morgan fingerprint density at radius 3 is 2.57 bits per heavy atom. The van der Waals surface area contributed by atoms with Gasteiger partial charge in [-0.1, -0.05) is 35.8 Å². The summed E-state index contributed by atoms with van der Waals surface area (Å²) in [6.45, 7) is 5.76. The molecular formula is C11H14BrNO. The first-order valence-corrected chi connectivity index (χ1v) is 5.37. The minimum absolute atomic E-state index is 0.00933. The van der Waals surface area contributed by atoms with Gasteiger partial charge in [0.2, 0.25) is 5.91 Å². The van der Waals surface area contributed by atoms with Crippen molar-refractivity contribution in [3.05, 3.63) is 28.2 Å². The first kappa shape index (κ1) is 11.2. The Morgan fingerprint density at radius 2 is 2.07 bits per heavy atom. The largest absolute Gasteiger partial charge is 0.326 e. The summed E-state index contributed by atoms with van der Waals surface area (Å²) in [7, 11) is 0. The summed E-state index contributed by atoms with van der Waals surface area (Å²) < 4.78 is 1.01. The number of rotatable bonds is 2. The molecule has 0 saturated carbocycles. The standard InChI is InChI=1S/C11H14BrNO/c1-7(2)11(14)13-9-5-4-8(3)10(12)6-9/h4-7H,1-3H3,(H,13,14). The molecule has 1 rings (SSSR count). The van der Waals surface area contributed by atoms with Gasteiger partial charge in [-0.3, -0.25) is 4.79 Å². The van der Waals surface area contributed by atoms with E-state index in [1.165, 1.54) is 0 Å². The highest BCUT2D eigenvalue weighted by molar-refractivity contribution is 9.10. The van der Waals surface area contributed by atoms with Crippen molar-refractivity contribution in [2.24, 2.45) is 5.92 Å². The predicted molar refractivity (Wildman–Crippen MR) is 62.3 cm³/mol. The summed E-state index contributed by atoms with van der Waals surface area (Å²) in [4.78, 5) is 11.4. The van der Waals surface area contributed by atoms with Crippen molar-refractivity contribution in [2.75, 3.05) is 5.32 Å². The lowest BCUT2D eigenvalue weighted by atomic mass is 10.2. The molecule has 0 radical (unpaired) electrons. The third kappa shape index (κ3) is 2.84. The second-order valence-electron chi connectivity index (χ2n) is 3.61. The highest BCUT2D eigenvalue weighted by atomic mass is 79.9.